The van der Waals surface area contributed by atoms with Crippen molar-refractivity contribution in [2.45, 2.75) is 62.0 Å². The summed E-state index contributed by atoms with van der Waals surface area (Å²) < 4.78 is 8.00. The van der Waals surface area contributed by atoms with Crippen LogP contribution in [0.2, 0.25) is 0 Å². The molecule has 0 spiro atoms. The molecule has 2 aromatic rings. The van der Waals surface area contributed by atoms with Crippen molar-refractivity contribution in [3.8, 4) is 0 Å². The van der Waals surface area contributed by atoms with E-state index in [1.807, 2.05) is 0 Å². The first-order chi connectivity index (χ1) is 15.0. The highest BCUT2D eigenvalue weighted by molar-refractivity contribution is 8.00. The van der Waals surface area contributed by atoms with Gasteiger partial charge in [-0.25, -0.2) is 14.8 Å². The first-order valence-electron chi connectivity index (χ1n) is 10.9. The number of carbonyl (C=O) groups is 1. The smallest absolute Gasteiger partial charge is 0.332 e. The minimum absolute atomic E-state index is 0.0774. The molecule has 2 aliphatic rings. The molecule has 1 unspecified atom stereocenters. The van der Waals surface area contributed by atoms with E-state index in [4.69, 9.17) is 9.72 Å². The van der Waals surface area contributed by atoms with E-state index in [9.17, 15) is 14.4 Å². The largest absolute Gasteiger partial charge is 0.376 e. The summed E-state index contributed by atoms with van der Waals surface area (Å²) in [5, 5.41) is 3.66. The van der Waals surface area contributed by atoms with E-state index in [0.717, 1.165) is 49.7 Å². The van der Waals surface area contributed by atoms with Gasteiger partial charge in [-0.05, 0) is 25.7 Å². The molecule has 1 aliphatic carbocycles. The van der Waals surface area contributed by atoms with Crippen LogP contribution in [0.3, 0.4) is 0 Å². The Bertz CT molecular complexity index is 1080. The Hall–Kier alpha value is -2.20. The van der Waals surface area contributed by atoms with Crippen LogP contribution in [0.15, 0.2) is 14.6 Å². The van der Waals surface area contributed by atoms with E-state index in [1.165, 1.54) is 29.8 Å². The molecule has 1 saturated heterocycles. The van der Waals surface area contributed by atoms with Crippen molar-refractivity contribution in [2.75, 3.05) is 18.9 Å². The molecule has 9 nitrogen and oxygen atoms in total. The van der Waals surface area contributed by atoms with Crippen molar-refractivity contribution >= 4 is 28.7 Å². The molecular formula is C21H29N5O4S. The van der Waals surface area contributed by atoms with Crippen LogP contribution < -0.4 is 16.6 Å². The summed E-state index contributed by atoms with van der Waals surface area (Å²) in [7, 11) is 3.06. The molecular weight excluding hydrogens is 418 g/mol. The lowest BCUT2D eigenvalue weighted by atomic mass is 9.89. The summed E-state index contributed by atoms with van der Waals surface area (Å²) in [6, 6.07) is 0. The molecule has 4 rings (SSSR count). The summed E-state index contributed by atoms with van der Waals surface area (Å²) >= 11 is 1.22. The molecule has 168 valence electrons. The predicted molar refractivity (Wildman–Crippen MR) is 119 cm³/mol. The molecule has 10 heteroatoms. The zero-order valence-corrected chi connectivity index (χ0v) is 18.9. The molecule has 1 N–H and O–H groups in total. The summed E-state index contributed by atoms with van der Waals surface area (Å²) in [6.07, 6.45) is 7.49. The van der Waals surface area contributed by atoms with Gasteiger partial charge >= 0.3 is 5.69 Å². The number of carbonyl (C=O) groups excluding carboxylic acids is 1. The van der Waals surface area contributed by atoms with Gasteiger partial charge in [-0.15, -0.1) is 0 Å². The van der Waals surface area contributed by atoms with Gasteiger partial charge in [-0.1, -0.05) is 31.0 Å². The van der Waals surface area contributed by atoms with Crippen molar-refractivity contribution in [3.05, 3.63) is 26.7 Å². The molecule has 0 aromatic carbocycles. The van der Waals surface area contributed by atoms with Gasteiger partial charge in [0.05, 0.1) is 11.9 Å². The minimum atomic E-state index is -0.435. The maximum atomic E-state index is 12.9. The first kappa shape index (κ1) is 22.0. The standard InChI is InChI=1S/C21H29N5O4S/c1-25-18-16(20(28)26(2)21(25)29)19(24-17(23-18)13-7-4-3-5-8-13)31-12-15(27)22-11-14-9-6-10-30-14/h13-14H,3-12H2,1-2H3,(H,22,27). The SMILES string of the molecule is Cn1c(=O)c2c(SCC(=O)NCC3CCCO3)nc(C3CCCCC3)nc2n(C)c1=O. The predicted octanol–water partition coefficient (Wildman–Crippen LogP) is 1.46. The van der Waals surface area contributed by atoms with Gasteiger partial charge in [0.15, 0.2) is 5.65 Å². The average Bonchev–Trinajstić information content (AvgIpc) is 3.32. The molecule has 2 fully saturated rings. The van der Waals surface area contributed by atoms with Crippen LogP contribution in [-0.2, 0) is 23.6 Å². The van der Waals surface area contributed by atoms with Crippen LogP contribution >= 0.6 is 11.8 Å². The first-order valence-corrected chi connectivity index (χ1v) is 11.9. The number of hydrogen-bond acceptors (Lipinski definition) is 7. The van der Waals surface area contributed by atoms with Crippen molar-refractivity contribution in [1.82, 2.24) is 24.4 Å². The highest BCUT2D eigenvalue weighted by Gasteiger charge is 2.24. The molecule has 0 radical (unpaired) electrons. The van der Waals surface area contributed by atoms with Gasteiger partial charge in [0.1, 0.15) is 16.2 Å². The fourth-order valence-corrected chi connectivity index (χ4v) is 5.16. The maximum absolute atomic E-state index is 12.9. The van der Waals surface area contributed by atoms with Crippen molar-refractivity contribution in [1.29, 1.82) is 0 Å². The van der Waals surface area contributed by atoms with Gasteiger partial charge < -0.3 is 10.1 Å². The van der Waals surface area contributed by atoms with Crippen LogP contribution in [0.4, 0.5) is 0 Å². The molecule has 1 atom stereocenters. The lowest BCUT2D eigenvalue weighted by molar-refractivity contribution is -0.119. The highest BCUT2D eigenvalue weighted by Crippen LogP contribution is 2.33. The maximum Gasteiger partial charge on any atom is 0.332 e. The van der Waals surface area contributed by atoms with E-state index in [1.54, 1.807) is 7.05 Å². The number of hydrogen-bond donors (Lipinski definition) is 1. The minimum Gasteiger partial charge on any atom is -0.376 e. The van der Waals surface area contributed by atoms with Gasteiger partial charge in [0.2, 0.25) is 5.91 Å². The number of ether oxygens (including phenoxy) is 1. The average molecular weight is 448 g/mol. The monoisotopic (exact) mass is 447 g/mol. The lowest BCUT2D eigenvalue weighted by Gasteiger charge is -2.21. The Morgan fingerprint density at radius 3 is 2.58 bits per heavy atom. The van der Waals surface area contributed by atoms with E-state index >= 15 is 0 Å². The lowest BCUT2D eigenvalue weighted by Crippen LogP contribution is -2.38. The summed E-state index contributed by atoms with van der Waals surface area (Å²) in [6.45, 7) is 1.24. The van der Waals surface area contributed by atoms with E-state index in [-0.39, 0.29) is 23.7 Å². The quantitative estimate of drug-likeness (QED) is 0.528. The number of fused-ring (bicyclic) bond motifs is 1. The van der Waals surface area contributed by atoms with Gasteiger partial charge in [0, 0.05) is 33.2 Å². The van der Waals surface area contributed by atoms with Gasteiger partial charge in [0.25, 0.3) is 5.56 Å². The van der Waals surface area contributed by atoms with Crippen LogP contribution in [-0.4, -0.2) is 50.0 Å². The molecule has 0 bridgehead atoms. The molecule has 3 heterocycles. The van der Waals surface area contributed by atoms with Crippen LogP contribution in [0, 0.1) is 0 Å². The summed E-state index contributed by atoms with van der Waals surface area (Å²) in [5.41, 5.74) is -0.516. The Labute approximate surface area is 184 Å². The Morgan fingerprint density at radius 1 is 1.10 bits per heavy atom. The number of thioether (sulfide) groups is 1. The third kappa shape index (κ3) is 4.69. The Balaban J connectivity index is 1.63. The normalized spacial score (nSPS) is 19.7. The number of nitrogens with zero attached hydrogens (tertiary/aromatic N) is 4. The fourth-order valence-electron chi connectivity index (χ4n) is 4.31. The van der Waals surface area contributed by atoms with Crippen LogP contribution in [0.1, 0.15) is 56.7 Å². The number of amides is 1. The topological polar surface area (TPSA) is 108 Å². The van der Waals surface area contributed by atoms with Crippen molar-refractivity contribution < 1.29 is 9.53 Å². The van der Waals surface area contributed by atoms with Gasteiger partial charge in [-0.3, -0.25) is 18.7 Å². The van der Waals surface area contributed by atoms with Gasteiger partial charge in [-0.2, -0.15) is 0 Å². The molecule has 1 amide bonds. The fraction of sp³-hybridized carbons (Fsp3) is 0.667. The Morgan fingerprint density at radius 2 is 1.87 bits per heavy atom. The van der Waals surface area contributed by atoms with Crippen molar-refractivity contribution in [2.24, 2.45) is 14.1 Å². The second-order valence-corrected chi connectivity index (χ2v) is 9.32. The third-order valence-corrected chi connectivity index (χ3v) is 7.12. The second kappa shape index (κ2) is 9.52. The summed E-state index contributed by atoms with van der Waals surface area (Å²) in [5.74, 6) is 0.880. The second-order valence-electron chi connectivity index (χ2n) is 8.35. The number of nitrogens with one attached hydrogen (secondary N) is 1. The number of aryl methyl sites for hydroxylation is 1. The van der Waals surface area contributed by atoms with E-state index in [2.05, 4.69) is 10.3 Å². The zero-order valence-electron chi connectivity index (χ0n) is 18.1. The molecule has 31 heavy (non-hydrogen) atoms. The van der Waals surface area contributed by atoms with Crippen LogP contribution in [0.25, 0.3) is 11.0 Å². The third-order valence-electron chi connectivity index (χ3n) is 6.15. The molecule has 2 aromatic heterocycles. The van der Waals surface area contributed by atoms with Crippen LogP contribution in [0.5, 0.6) is 0 Å². The zero-order chi connectivity index (χ0) is 22.0. The molecule has 1 saturated carbocycles. The highest BCUT2D eigenvalue weighted by atomic mass is 32.2. The van der Waals surface area contributed by atoms with Crippen molar-refractivity contribution in [3.63, 3.8) is 0 Å². The van der Waals surface area contributed by atoms with E-state index < -0.39 is 11.2 Å². The number of rotatable bonds is 6. The Kier molecular flexibility index (Phi) is 6.76. The number of aromatic nitrogens is 4. The summed E-state index contributed by atoms with van der Waals surface area (Å²) in [4.78, 5) is 47.1. The van der Waals surface area contributed by atoms with E-state index in [0.29, 0.717) is 28.4 Å². The molecule has 1 aliphatic heterocycles.